The molecule has 0 radical (unpaired) electrons. The Morgan fingerprint density at radius 2 is 1.53 bits per heavy atom. The molecule has 228 valence electrons. The number of hydrogen-bond acceptors (Lipinski definition) is 6. The first-order valence-corrected chi connectivity index (χ1v) is 13.9. The van der Waals surface area contributed by atoms with Crippen molar-refractivity contribution in [1.29, 1.82) is 0 Å². The summed E-state index contributed by atoms with van der Waals surface area (Å²) in [6, 6.07) is 19.4. The SMILES string of the molecule is CC(C)NC(=O)[C@@H](NC(=O)c1ccc2nc(NC(=O)c3cccnc3-c3ccc(C(F)(F)F)cc3)ccc2c1)c1ccccn1. The second-order valence-corrected chi connectivity index (χ2v) is 10.4. The highest BCUT2D eigenvalue weighted by molar-refractivity contribution is 6.08. The van der Waals surface area contributed by atoms with Crippen LogP contribution < -0.4 is 16.0 Å². The largest absolute Gasteiger partial charge is 0.416 e. The van der Waals surface area contributed by atoms with E-state index >= 15 is 0 Å². The fourth-order valence-corrected chi connectivity index (χ4v) is 4.56. The van der Waals surface area contributed by atoms with Crippen molar-refractivity contribution in [1.82, 2.24) is 25.6 Å². The Labute approximate surface area is 255 Å². The van der Waals surface area contributed by atoms with Crippen LogP contribution in [0.15, 0.2) is 97.3 Å². The molecule has 2 aromatic carbocycles. The van der Waals surface area contributed by atoms with Gasteiger partial charge in [0.2, 0.25) is 5.91 Å². The lowest BCUT2D eigenvalue weighted by molar-refractivity contribution is -0.137. The number of aromatic nitrogens is 3. The van der Waals surface area contributed by atoms with Crippen molar-refractivity contribution in [3.05, 3.63) is 120 Å². The molecule has 5 aromatic rings. The van der Waals surface area contributed by atoms with Crippen molar-refractivity contribution < 1.29 is 27.6 Å². The van der Waals surface area contributed by atoms with Gasteiger partial charge in [-0.15, -0.1) is 0 Å². The number of anilines is 1. The first kappa shape index (κ1) is 30.8. The third kappa shape index (κ3) is 7.29. The summed E-state index contributed by atoms with van der Waals surface area (Å²) in [6.45, 7) is 3.63. The number of alkyl halides is 3. The van der Waals surface area contributed by atoms with E-state index in [1.54, 1.807) is 60.8 Å². The standard InChI is InChI=1S/C33H27F3N6O3/c1-19(2)39-32(45)29(26-7-3-4-16-37-26)42-30(43)22-10-14-25-21(18-22)11-15-27(40-25)41-31(44)24-6-5-17-38-28(24)20-8-12-23(13-9-20)33(34,35)36/h3-19,29H,1-2H3,(H,39,45)(H,42,43)(H,40,41,44)/t29-/m0/s1. The average Bonchev–Trinajstić information content (AvgIpc) is 3.03. The third-order valence-electron chi connectivity index (χ3n) is 6.68. The summed E-state index contributed by atoms with van der Waals surface area (Å²) in [7, 11) is 0. The zero-order chi connectivity index (χ0) is 32.1. The van der Waals surface area contributed by atoms with Crippen LogP contribution >= 0.6 is 0 Å². The topological polar surface area (TPSA) is 126 Å². The summed E-state index contributed by atoms with van der Waals surface area (Å²) in [5, 5.41) is 8.86. The van der Waals surface area contributed by atoms with Crippen molar-refractivity contribution in [3.63, 3.8) is 0 Å². The number of rotatable bonds is 8. The van der Waals surface area contributed by atoms with Crippen LogP contribution in [-0.4, -0.2) is 38.7 Å². The molecule has 12 heteroatoms. The zero-order valence-electron chi connectivity index (χ0n) is 24.1. The van der Waals surface area contributed by atoms with Crippen LogP contribution in [0.1, 0.15) is 51.9 Å². The zero-order valence-corrected chi connectivity index (χ0v) is 24.1. The quantitative estimate of drug-likeness (QED) is 0.199. The smallest absolute Gasteiger partial charge is 0.352 e. The predicted octanol–water partition coefficient (Wildman–Crippen LogP) is 5.96. The molecule has 1 atom stereocenters. The first-order valence-electron chi connectivity index (χ1n) is 13.9. The second-order valence-electron chi connectivity index (χ2n) is 10.4. The van der Waals surface area contributed by atoms with Gasteiger partial charge in [-0.05, 0) is 80.6 Å². The van der Waals surface area contributed by atoms with E-state index < -0.39 is 35.5 Å². The van der Waals surface area contributed by atoms with E-state index in [4.69, 9.17) is 0 Å². The van der Waals surface area contributed by atoms with Gasteiger partial charge in [0.05, 0.1) is 28.0 Å². The summed E-state index contributed by atoms with van der Waals surface area (Å²) in [6.07, 6.45) is -1.50. The van der Waals surface area contributed by atoms with Crippen LogP contribution in [0.3, 0.4) is 0 Å². The number of fused-ring (bicyclic) bond motifs is 1. The van der Waals surface area contributed by atoms with E-state index in [0.717, 1.165) is 12.1 Å². The fraction of sp³-hybridized carbons (Fsp3) is 0.152. The van der Waals surface area contributed by atoms with Crippen LogP contribution in [0.25, 0.3) is 22.2 Å². The summed E-state index contributed by atoms with van der Waals surface area (Å²) in [5.74, 6) is -1.22. The molecule has 3 aromatic heterocycles. The highest BCUT2D eigenvalue weighted by Crippen LogP contribution is 2.31. The molecule has 45 heavy (non-hydrogen) atoms. The number of carbonyl (C=O) groups is 3. The molecular formula is C33H27F3N6O3. The molecule has 0 saturated carbocycles. The second kappa shape index (κ2) is 12.9. The lowest BCUT2D eigenvalue weighted by Crippen LogP contribution is -2.43. The Bertz CT molecular complexity index is 1860. The van der Waals surface area contributed by atoms with Gasteiger partial charge in [0.1, 0.15) is 5.82 Å². The van der Waals surface area contributed by atoms with E-state index in [-0.39, 0.29) is 28.7 Å². The van der Waals surface area contributed by atoms with Gasteiger partial charge in [-0.1, -0.05) is 18.2 Å². The molecule has 5 rings (SSSR count). The fourth-order valence-electron chi connectivity index (χ4n) is 4.56. The number of nitrogens with zero attached hydrogens (tertiary/aromatic N) is 3. The normalized spacial score (nSPS) is 12.0. The van der Waals surface area contributed by atoms with Gasteiger partial charge >= 0.3 is 6.18 Å². The maximum absolute atomic E-state index is 13.2. The average molecular weight is 613 g/mol. The van der Waals surface area contributed by atoms with Crippen LogP contribution in [0.5, 0.6) is 0 Å². The van der Waals surface area contributed by atoms with Crippen molar-refractivity contribution in [3.8, 4) is 11.3 Å². The van der Waals surface area contributed by atoms with Crippen molar-refractivity contribution in [2.45, 2.75) is 32.1 Å². The Morgan fingerprint density at radius 1 is 0.778 bits per heavy atom. The van der Waals surface area contributed by atoms with Crippen molar-refractivity contribution in [2.75, 3.05) is 5.32 Å². The molecular weight excluding hydrogens is 585 g/mol. The number of hydrogen-bond donors (Lipinski definition) is 3. The molecule has 0 aliphatic heterocycles. The minimum absolute atomic E-state index is 0.142. The molecule has 3 amide bonds. The van der Waals surface area contributed by atoms with Crippen LogP contribution in [0.2, 0.25) is 0 Å². The number of halogens is 3. The van der Waals surface area contributed by atoms with Gasteiger partial charge in [-0.25, -0.2) is 4.98 Å². The minimum atomic E-state index is -4.48. The molecule has 3 heterocycles. The number of amides is 3. The maximum atomic E-state index is 13.2. The van der Waals surface area contributed by atoms with Crippen LogP contribution in [0.4, 0.5) is 19.0 Å². The lowest BCUT2D eigenvalue weighted by Gasteiger charge is -2.19. The third-order valence-corrected chi connectivity index (χ3v) is 6.68. The summed E-state index contributed by atoms with van der Waals surface area (Å²) >= 11 is 0. The highest BCUT2D eigenvalue weighted by Gasteiger charge is 2.30. The van der Waals surface area contributed by atoms with Crippen molar-refractivity contribution in [2.24, 2.45) is 0 Å². The van der Waals surface area contributed by atoms with E-state index in [1.165, 1.54) is 24.4 Å². The molecule has 3 N–H and O–H groups in total. The van der Waals surface area contributed by atoms with Gasteiger partial charge in [-0.2, -0.15) is 13.2 Å². The number of nitrogens with one attached hydrogen (secondary N) is 3. The summed E-state index contributed by atoms with van der Waals surface area (Å²) in [5.41, 5.74) is 1.06. The monoisotopic (exact) mass is 612 g/mol. The van der Waals surface area contributed by atoms with Gasteiger partial charge in [0.15, 0.2) is 6.04 Å². The Hall–Kier alpha value is -5.65. The van der Waals surface area contributed by atoms with E-state index in [9.17, 15) is 27.6 Å². The van der Waals surface area contributed by atoms with E-state index in [1.807, 2.05) is 13.8 Å². The molecule has 0 unspecified atom stereocenters. The molecule has 9 nitrogen and oxygen atoms in total. The number of benzene rings is 2. The molecule has 0 aliphatic carbocycles. The molecule has 0 fully saturated rings. The van der Waals surface area contributed by atoms with E-state index in [0.29, 0.717) is 22.2 Å². The molecule has 0 aliphatic rings. The predicted molar refractivity (Wildman–Crippen MR) is 162 cm³/mol. The Balaban J connectivity index is 1.33. The first-order chi connectivity index (χ1) is 21.5. The van der Waals surface area contributed by atoms with Gasteiger partial charge in [0.25, 0.3) is 11.8 Å². The van der Waals surface area contributed by atoms with Gasteiger partial charge < -0.3 is 16.0 Å². The Kier molecular flexibility index (Phi) is 8.84. The van der Waals surface area contributed by atoms with Crippen LogP contribution in [-0.2, 0) is 11.0 Å². The summed E-state index contributed by atoms with van der Waals surface area (Å²) in [4.78, 5) is 52.2. The highest BCUT2D eigenvalue weighted by atomic mass is 19.4. The van der Waals surface area contributed by atoms with E-state index in [2.05, 4.69) is 30.9 Å². The Morgan fingerprint density at radius 3 is 2.22 bits per heavy atom. The van der Waals surface area contributed by atoms with Gasteiger partial charge in [-0.3, -0.25) is 24.4 Å². The molecule has 0 spiro atoms. The van der Waals surface area contributed by atoms with Gasteiger partial charge in [0, 0.05) is 34.9 Å². The van der Waals surface area contributed by atoms with Crippen molar-refractivity contribution >= 4 is 34.4 Å². The lowest BCUT2D eigenvalue weighted by atomic mass is 10.0. The summed E-state index contributed by atoms with van der Waals surface area (Å²) < 4.78 is 39.0. The maximum Gasteiger partial charge on any atom is 0.416 e. The van der Waals surface area contributed by atoms with Crippen LogP contribution in [0, 0.1) is 0 Å². The molecule has 0 bridgehead atoms. The minimum Gasteiger partial charge on any atom is -0.352 e. The number of pyridine rings is 3. The molecule has 0 saturated heterocycles. The number of carbonyl (C=O) groups excluding carboxylic acids is 3.